The normalized spacial score (nSPS) is 12.0. The monoisotopic (exact) mass is 713 g/mol. The van der Waals surface area contributed by atoms with E-state index in [0.717, 1.165) is 33.8 Å². The Kier molecular flexibility index (Phi) is 12.7. The van der Waals surface area contributed by atoms with E-state index in [1.807, 2.05) is 51.1 Å². The zero-order chi connectivity index (χ0) is 34.1. The van der Waals surface area contributed by atoms with E-state index in [-0.39, 0.29) is 23.8 Å². The minimum Gasteiger partial charge on any atom is -0.354 e. The minimum absolute atomic E-state index is 0.0354. The summed E-state index contributed by atoms with van der Waals surface area (Å²) in [5, 5.41) is 3.98. The van der Waals surface area contributed by atoms with Gasteiger partial charge in [-0.3, -0.25) is 13.9 Å². The summed E-state index contributed by atoms with van der Waals surface area (Å²) in [5.74, 6) is -0.972. The van der Waals surface area contributed by atoms with Gasteiger partial charge >= 0.3 is 0 Å². The summed E-state index contributed by atoms with van der Waals surface area (Å²) in [5.41, 5.74) is 3.39. The van der Waals surface area contributed by atoms with Gasteiger partial charge in [0.25, 0.3) is 10.0 Å². The molecule has 0 spiro atoms. The first kappa shape index (κ1) is 36.3. The maximum atomic E-state index is 14.6. The van der Waals surface area contributed by atoms with Crippen LogP contribution >= 0.6 is 34.8 Å². The summed E-state index contributed by atoms with van der Waals surface area (Å²) in [4.78, 5) is 29.9. The van der Waals surface area contributed by atoms with Gasteiger partial charge in [0.2, 0.25) is 11.8 Å². The molecule has 248 valence electrons. The molecule has 0 saturated heterocycles. The van der Waals surface area contributed by atoms with E-state index in [4.69, 9.17) is 34.8 Å². The number of unbranched alkanes of at least 4 members (excludes halogenated alkanes) is 1. The summed E-state index contributed by atoms with van der Waals surface area (Å²) in [6.07, 6.45) is 1.81. The number of hydrogen-bond acceptors (Lipinski definition) is 4. The van der Waals surface area contributed by atoms with Crippen molar-refractivity contribution in [2.24, 2.45) is 0 Å². The van der Waals surface area contributed by atoms with Gasteiger partial charge in [0.1, 0.15) is 12.6 Å². The van der Waals surface area contributed by atoms with Crippen molar-refractivity contribution in [3.63, 3.8) is 0 Å². The Balaban J connectivity index is 1.84. The quantitative estimate of drug-likeness (QED) is 0.134. The summed E-state index contributed by atoms with van der Waals surface area (Å²) >= 11 is 19.2. The predicted octanol–water partition coefficient (Wildman–Crippen LogP) is 8.02. The smallest absolute Gasteiger partial charge is 0.264 e. The molecule has 1 N–H and O–H groups in total. The lowest BCUT2D eigenvalue weighted by Gasteiger charge is -2.34. The molecule has 0 bridgehead atoms. The van der Waals surface area contributed by atoms with E-state index in [1.165, 1.54) is 29.2 Å². The number of hydrogen-bond donors (Lipinski definition) is 1. The molecule has 4 aromatic carbocycles. The largest absolute Gasteiger partial charge is 0.354 e. The number of rotatable bonds is 14. The second-order valence-electron chi connectivity index (χ2n) is 11.3. The average molecular weight is 715 g/mol. The third-order valence-electron chi connectivity index (χ3n) is 7.95. The lowest BCUT2D eigenvalue weighted by atomic mass is 10.0. The zero-order valence-electron chi connectivity index (χ0n) is 26.5. The van der Waals surface area contributed by atoms with E-state index in [0.29, 0.717) is 32.9 Å². The molecule has 0 aliphatic carbocycles. The maximum Gasteiger partial charge on any atom is 0.264 e. The van der Waals surface area contributed by atoms with Crippen molar-refractivity contribution in [1.29, 1.82) is 0 Å². The number of benzene rings is 4. The van der Waals surface area contributed by atoms with E-state index >= 15 is 0 Å². The summed E-state index contributed by atoms with van der Waals surface area (Å²) in [6.45, 7) is 5.51. The van der Waals surface area contributed by atoms with Crippen LogP contribution in [0.1, 0.15) is 42.0 Å². The molecule has 0 saturated carbocycles. The predicted molar refractivity (Wildman–Crippen MR) is 191 cm³/mol. The number of amides is 2. The van der Waals surface area contributed by atoms with Crippen molar-refractivity contribution in [3.8, 4) is 0 Å². The number of anilines is 1. The molecule has 0 aromatic heterocycles. The zero-order valence-corrected chi connectivity index (χ0v) is 29.6. The van der Waals surface area contributed by atoms with Gasteiger partial charge in [0.15, 0.2) is 0 Å². The number of nitrogens with zero attached hydrogens (tertiary/aromatic N) is 2. The topological polar surface area (TPSA) is 86.8 Å². The molecule has 0 fully saturated rings. The number of carbonyl (C=O) groups is 2. The van der Waals surface area contributed by atoms with Gasteiger partial charge in [-0.2, -0.15) is 0 Å². The molecule has 2 amide bonds. The van der Waals surface area contributed by atoms with Crippen LogP contribution in [0.3, 0.4) is 0 Å². The van der Waals surface area contributed by atoms with E-state index in [1.54, 1.807) is 36.4 Å². The summed E-state index contributed by atoms with van der Waals surface area (Å²) < 4.78 is 29.5. The van der Waals surface area contributed by atoms with Crippen LogP contribution in [0.5, 0.6) is 0 Å². The van der Waals surface area contributed by atoms with Crippen LogP contribution in [0, 0.1) is 13.8 Å². The van der Waals surface area contributed by atoms with E-state index in [9.17, 15) is 18.0 Å². The third-order valence-corrected chi connectivity index (χ3v) is 10.7. The van der Waals surface area contributed by atoms with Crippen molar-refractivity contribution < 1.29 is 18.0 Å². The molecule has 0 radical (unpaired) electrons. The van der Waals surface area contributed by atoms with Crippen molar-refractivity contribution >= 4 is 62.3 Å². The molecule has 4 aromatic rings. The van der Waals surface area contributed by atoms with Crippen molar-refractivity contribution in [2.45, 2.75) is 57.5 Å². The molecule has 7 nitrogen and oxygen atoms in total. The van der Waals surface area contributed by atoms with Gasteiger partial charge in [-0.25, -0.2) is 8.42 Å². The van der Waals surface area contributed by atoms with Gasteiger partial charge in [-0.15, -0.1) is 0 Å². The first-order valence-corrected chi connectivity index (χ1v) is 17.9. The fraction of sp³-hybridized carbons (Fsp3) is 0.278. The minimum atomic E-state index is -4.27. The van der Waals surface area contributed by atoms with Gasteiger partial charge in [-0.1, -0.05) is 90.6 Å². The van der Waals surface area contributed by atoms with Crippen molar-refractivity contribution in [1.82, 2.24) is 10.2 Å². The SMILES string of the molecule is CCCCNC(=O)[C@H](Cc1ccccc1)N(Cc1c(Cl)cccc1Cl)C(=O)CN(c1ccc(C)c(C)c1)S(=O)(=O)c1ccc(Cl)cc1. The molecule has 0 aliphatic heterocycles. The molecule has 0 aliphatic rings. The van der Waals surface area contributed by atoms with E-state index < -0.39 is 28.5 Å². The molecular weight excluding hydrogens is 677 g/mol. The van der Waals surface area contributed by atoms with Crippen LogP contribution < -0.4 is 9.62 Å². The number of nitrogens with one attached hydrogen (secondary N) is 1. The maximum absolute atomic E-state index is 14.6. The Labute approximate surface area is 292 Å². The molecule has 47 heavy (non-hydrogen) atoms. The Morgan fingerprint density at radius 1 is 0.830 bits per heavy atom. The van der Waals surface area contributed by atoms with Crippen LogP contribution in [-0.2, 0) is 32.6 Å². The molecule has 0 heterocycles. The number of halogens is 3. The fourth-order valence-electron chi connectivity index (χ4n) is 5.06. The first-order chi connectivity index (χ1) is 22.4. The number of aryl methyl sites for hydroxylation is 2. The molecular formula is C36H38Cl3N3O4S. The second kappa shape index (κ2) is 16.5. The van der Waals surface area contributed by atoms with Crippen LogP contribution in [0.2, 0.25) is 15.1 Å². The highest BCUT2D eigenvalue weighted by Gasteiger charge is 2.35. The highest BCUT2D eigenvalue weighted by Crippen LogP contribution is 2.30. The Hall–Kier alpha value is -3.56. The Morgan fingerprint density at radius 3 is 2.11 bits per heavy atom. The molecule has 4 rings (SSSR count). The highest BCUT2D eigenvalue weighted by atomic mass is 35.5. The highest BCUT2D eigenvalue weighted by molar-refractivity contribution is 7.92. The lowest BCUT2D eigenvalue weighted by molar-refractivity contribution is -0.140. The first-order valence-electron chi connectivity index (χ1n) is 15.3. The van der Waals surface area contributed by atoms with Gasteiger partial charge in [-0.05, 0) is 85.5 Å². The lowest BCUT2D eigenvalue weighted by Crippen LogP contribution is -2.53. The van der Waals surface area contributed by atoms with Crippen LogP contribution in [0.25, 0.3) is 0 Å². The van der Waals surface area contributed by atoms with Gasteiger partial charge in [0.05, 0.1) is 10.6 Å². The van der Waals surface area contributed by atoms with Gasteiger partial charge in [0, 0.05) is 40.1 Å². The number of carbonyl (C=O) groups excluding carboxylic acids is 2. The summed E-state index contributed by atoms with van der Waals surface area (Å²) in [7, 11) is -4.27. The van der Waals surface area contributed by atoms with Crippen molar-refractivity contribution in [2.75, 3.05) is 17.4 Å². The Morgan fingerprint density at radius 2 is 1.49 bits per heavy atom. The Bertz CT molecular complexity index is 1780. The van der Waals surface area contributed by atoms with Crippen LogP contribution in [-0.4, -0.2) is 44.3 Å². The van der Waals surface area contributed by atoms with Crippen LogP contribution in [0.15, 0.2) is 95.9 Å². The second-order valence-corrected chi connectivity index (χ2v) is 14.4. The van der Waals surface area contributed by atoms with Gasteiger partial charge < -0.3 is 10.2 Å². The number of sulfonamides is 1. The summed E-state index contributed by atoms with van der Waals surface area (Å²) in [6, 6.07) is 24.3. The van der Waals surface area contributed by atoms with E-state index in [2.05, 4.69) is 5.32 Å². The standard InChI is InChI=1S/C36H38Cl3N3O4S/c1-4-5-20-40-36(44)34(22-27-10-7-6-8-11-27)41(23-31-32(38)12-9-13-33(31)39)35(43)24-42(29-17-14-25(2)26(3)21-29)47(45,46)30-18-15-28(37)16-19-30/h6-19,21,34H,4-5,20,22-24H2,1-3H3,(H,40,44)/t34-/m0/s1. The molecule has 0 unspecified atom stereocenters. The average Bonchev–Trinajstić information content (AvgIpc) is 3.04. The molecule has 1 atom stereocenters. The van der Waals surface area contributed by atoms with Crippen LogP contribution in [0.4, 0.5) is 5.69 Å². The third kappa shape index (κ3) is 9.29. The van der Waals surface area contributed by atoms with Crippen molar-refractivity contribution in [3.05, 3.63) is 128 Å². The molecule has 11 heteroatoms. The fourth-order valence-corrected chi connectivity index (χ4v) is 7.11.